The summed E-state index contributed by atoms with van der Waals surface area (Å²) >= 11 is 0. The summed E-state index contributed by atoms with van der Waals surface area (Å²) < 4.78 is 10.3. The lowest BCUT2D eigenvalue weighted by Gasteiger charge is -2.40. The van der Waals surface area contributed by atoms with Crippen LogP contribution in [0, 0.1) is 0 Å². The van der Waals surface area contributed by atoms with E-state index in [0.717, 1.165) is 0 Å². The van der Waals surface area contributed by atoms with Crippen molar-refractivity contribution in [3.05, 3.63) is 0 Å². The third-order valence-electron chi connectivity index (χ3n) is 2.33. The smallest absolute Gasteiger partial charge is 0.175 e. The van der Waals surface area contributed by atoms with E-state index in [1.807, 2.05) is 0 Å². The minimum Gasteiger partial charge on any atom is -0.394 e. The molecule has 0 aromatic heterocycles. The Morgan fingerprint density at radius 1 is 1.25 bits per heavy atom. The summed E-state index contributed by atoms with van der Waals surface area (Å²) in [5, 5.41) is 27.9. The second kappa shape index (κ2) is 7.36. The van der Waals surface area contributed by atoms with E-state index in [1.165, 1.54) is 0 Å². The van der Waals surface area contributed by atoms with Gasteiger partial charge in [-0.05, 0) is 0 Å². The first kappa shape index (κ1) is 16.0. The second-order valence-corrected chi connectivity index (χ2v) is 3.44. The van der Waals surface area contributed by atoms with Crippen molar-refractivity contribution in [1.82, 2.24) is 0 Å². The lowest BCUT2D eigenvalue weighted by atomic mass is 9.98. The normalized spacial score (nSPS) is 39.2. The van der Waals surface area contributed by atoms with Crippen molar-refractivity contribution in [2.24, 2.45) is 11.5 Å². The SMILES string of the molecule is Cl.NCCOC1OC(CO)C(O)C(O)C1N. The third-order valence-corrected chi connectivity index (χ3v) is 2.33. The van der Waals surface area contributed by atoms with E-state index in [4.69, 9.17) is 26.0 Å². The van der Waals surface area contributed by atoms with Gasteiger partial charge in [-0.2, -0.15) is 0 Å². The number of aliphatic hydroxyl groups excluding tert-OH is 3. The van der Waals surface area contributed by atoms with E-state index in [1.54, 1.807) is 0 Å². The van der Waals surface area contributed by atoms with Crippen LogP contribution in [0.1, 0.15) is 0 Å². The van der Waals surface area contributed by atoms with Crippen LogP contribution in [0.5, 0.6) is 0 Å². The summed E-state index contributed by atoms with van der Waals surface area (Å²) in [6, 6.07) is -0.852. The van der Waals surface area contributed by atoms with Crippen molar-refractivity contribution in [3.8, 4) is 0 Å². The Bertz CT molecular complexity index is 197. The molecule has 0 spiro atoms. The molecule has 1 saturated heterocycles. The van der Waals surface area contributed by atoms with E-state index in [9.17, 15) is 10.2 Å². The topological polar surface area (TPSA) is 131 Å². The van der Waals surface area contributed by atoms with Crippen molar-refractivity contribution in [2.45, 2.75) is 30.6 Å². The highest BCUT2D eigenvalue weighted by molar-refractivity contribution is 5.85. The molecular weight excluding hydrogens is 240 g/mol. The first-order chi connectivity index (χ1) is 7.11. The van der Waals surface area contributed by atoms with Gasteiger partial charge in [0.15, 0.2) is 6.29 Å². The molecule has 98 valence electrons. The summed E-state index contributed by atoms with van der Waals surface area (Å²) in [6.07, 6.45) is -4.13. The van der Waals surface area contributed by atoms with Crippen LogP contribution >= 0.6 is 12.4 Å². The minimum absolute atomic E-state index is 0. The van der Waals surface area contributed by atoms with Crippen molar-refractivity contribution in [3.63, 3.8) is 0 Å². The Hall–Kier alpha value is 0.01000. The summed E-state index contributed by atoms with van der Waals surface area (Å²) in [5.41, 5.74) is 10.8. The number of rotatable bonds is 4. The summed E-state index contributed by atoms with van der Waals surface area (Å²) in [4.78, 5) is 0. The van der Waals surface area contributed by atoms with Crippen molar-refractivity contribution in [2.75, 3.05) is 19.8 Å². The van der Waals surface area contributed by atoms with Crippen molar-refractivity contribution in [1.29, 1.82) is 0 Å². The Balaban J connectivity index is 0.00000225. The van der Waals surface area contributed by atoms with Gasteiger partial charge in [0.1, 0.15) is 18.3 Å². The van der Waals surface area contributed by atoms with E-state index in [-0.39, 0.29) is 19.0 Å². The van der Waals surface area contributed by atoms with Crippen LogP contribution in [0.3, 0.4) is 0 Å². The summed E-state index contributed by atoms with van der Waals surface area (Å²) in [7, 11) is 0. The Morgan fingerprint density at radius 2 is 1.88 bits per heavy atom. The highest BCUT2D eigenvalue weighted by atomic mass is 35.5. The number of hydrogen-bond acceptors (Lipinski definition) is 7. The monoisotopic (exact) mass is 258 g/mol. The number of hydrogen-bond donors (Lipinski definition) is 5. The molecule has 16 heavy (non-hydrogen) atoms. The Labute approximate surface area is 99.7 Å². The van der Waals surface area contributed by atoms with Crippen LogP contribution in [0.4, 0.5) is 0 Å². The van der Waals surface area contributed by atoms with Gasteiger partial charge in [0.05, 0.1) is 19.3 Å². The number of aliphatic hydroxyl groups is 3. The van der Waals surface area contributed by atoms with E-state index >= 15 is 0 Å². The maximum atomic E-state index is 9.54. The second-order valence-electron chi connectivity index (χ2n) is 3.44. The molecule has 7 N–H and O–H groups in total. The molecule has 0 saturated carbocycles. The molecule has 1 aliphatic heterocycles. The fourth-order valence-electron chi connectivity index (χ4n) is 1.44. The van der Waals surface area contributed by atoms with Gasteiger partial charge >= 0.3 is 0 Å². The van der Waals surface area contributed by atoms with Crippen LogP contribution < -0.4 is 11.5 Å². The molecule has 0 aromatic carbocycles. The van der Waals surface area contributed by atoms with Crippen LogP contribution in [-0.4, -0.2) is 65.7 Å². The summed E-state index contributed by atoms with van der Waals surface area (Å²) in [6.45, 7) is 0.127. The molecule has 1 aliphatic rings. The Morgan fingerprint density at radius 3 is 2.38 bits per heavy atom. The van der Waals surface area contributed by atoms with E-state index in [2.05, 4.69) is 0 Å². The maximum absolute atomic E-state index is 9.54. The molecule has 0 amide bonds. The molecule has 8 heteroatoms. The third kappa shape index (κ3) is 3.51. The molecule has 5 unspecified atom stereocenters. The average molecular weight is 259 g/mol. The lowest BCUT2D eigenvalue weighted by Crippen LogP contribution is -2.62. The van der Waals surface area contributed by atoms with Gasteiger partial charge in [-0.25, -0.2) is 0 Å². The van der Waals surface area contributed by atoms with Crippen molar-refractivity contribution >= 4 is 12.4 Å². The largest absolute Gasteiger partial charge is 0.394 e. The molecule has 0 aromatic rings. The lowest BCUT2D eigenvalue weighted by molar-refractivity contribution is -0.264. The van der Waals surface area contributed by atoms with Gasteiger partial charge < -0.3 is 36.3 Å². The molecule has 1 rings (SSSR count). The first-order valence-electron chi connectivity index (χ1n) is 4.81. The molecule has 7 nitrogen and oxygen atoms in total. The molecule has 0 bridgehead atoms. The first-order valence-corrected chi connectivity index (χ1v) is 4.81. The summed E-state index contributed by atoms with van der Waals surface area (Å²) in [5.74, 6) is 0. The van der Waals surface area contributed by atoms with Crippen LogP contribution in [0.25, 0.3) is 0 Å². The standard InChI is InChI=1S/C8H18N2O5.ClH/c9-1-2-14-8-5(10)7(13)6(12)4(3-11)15-8;/h4-8,11-13H,1-3,9-10H2;1H. The number of halogens is 1. The number of nitrogens with two attached hydrogens (primary N) is 2. The van der Waals surface area contributed by atoms with Crippen LogP contribution in [-0.2, 0) is 9.47 Å². The fraction of sp³-hybridized carbons (Fsp3) is 1.00. The van der Waals surface area contributed by atoms with Gasteiger partial charge in [-0.1, -0.05) is 0 Å². The zero-order chi connectivity index (χ0) is 11.4. The maximum Gasteiger partial charge on any atom is 0.175 e. The molecule has 1 fully saturated rings. The number of ether oxygens (including phenoxy) is 2. The van der Waals surface area contributed by atoms with Gasteiger partial charge in [0.25, 0.3) is 0 Å². The minimum atomic E-state index is -1.21. The molecule has 5 atom stereocenters. The van der Waals surface area contributed by atoms with E-state index in [0.29, 0.717) is 6.54 Å². The quantitative estimate of drug-likeness (QED) is 0.367. The van der Waals surface area contributed by atoms with E-state index < -0.39 is 37.3 Å². The molecule has 0 aliphatic carbocycles. The predicted octanol–water partition coefficient (Wildman–Crippen LogP) is -2.85. The molecule has 0 radical (unpaired) electrons. The molecular formula is C8H19ClN2O5. The van der Waals surface area contributed by atoms with Gasteiger partial charge in [0, 0.05) is 6.54 Å². The van der Waals surface area contributed by atoms with Crippen molar-refractivity contribution < 1.29 is 24.8 Å². The zero-order valence-electron chi connectivity index (χ0n) is 8.73. The van der Waals surface area contributed by atoms with Gasteiger partial charge in [0.2, 0.25) is 0 Å². The highest BCUT2D eigenvalue weighted by Gasteiger charge is 2.42. The van der Waals surface area contributed by atoms with Crippen LogP contribution in [0.2, 0.25) is 0 Å². The van der Waals surface area contributed by atoms with Gasteiger partial charge in [-0.3, -0.25) is 0 Å². The predicted molar refractivity (Wildman–Crippen MR) is 58.0 cm³/mol. The fourth-order valence-corrected chi connectivity index (χ4v) is 1.44. The average Bonchev–Trinajstić information content (AvgIpc) is 2.25. The highest BCUT2D eigenvalue weighted by Crippen LogP contribution is 2.20. The zero-order valence-corrected chi connectivity index (χ0v) is 9.55. The van der Waals surface area contributed by atoms with Gasteiger partial charge in [-0.15, -0.1) is 12.4 Å². The van der Waals surface area contributed by atoms with Crippen LogP contribution in [0.15, 0.2) is 0 Å². The Kier molecular flexibility index (Phi) is 7.36. The molecule has 1 heterocycles.